The van der Waals surface area contributed by atoms with Crippen LogP contribution in [0, 0.1) is 4.77 Å². The van der Waals surface area contributed by atoms with Crippen molar-refractivity contribution in [1.29, 1.82) is 0 Å². The van der Waals surface area contributed by atoms with Crippen molar-refractivity contribution in [3.63, 3.8) is 0 Å². The lowest BCUT2D eigenvalue weighted by atomic mass is 10.2. The van der Waals surface area contributed by atoms with Crippen LogP contribution in [0.2, 0.25) is 0 Å². The van der Waals surface area contributed by atoms with Gasteiger partial charge in [0.05, 0.1) is 20.4 Å². The number of benzene rings is 2. The Bertz CT molecular complexity index is 916. The zero-order valence-electron chi connectivity index (χ0n) is 13.3. The molecule has 0 radical (unpaired) electrons. The second kappa shape index (κ2) is 7.10. The summed E-state index contributed by atoms with van der Waals surface area (Å²) in [6.45, 7) is 0. The molecule has 0 unspecified atom stereocenters. The molecule has 7 heteroatoms. The quantitative estimate of drug-likeness (QED) is 0.570. The van der Waals surface area contributed by atoms with Gasteiger partial charge in [-0.1, -0.05) is 30.3 Å². The molecule has 0 bridgehead atoms. The number of rotatable bonds is 5. The number of nitrogens with one attached hydrogen (secondary N) is 1. The highest BCUT2D eigenvalue weighted by molar-refractivity contribution is 7.71. The lowest BCUT2D eigenvalue weighted by molar-refractivity contribution is 0.355. The molecule has 6 nitrogen and oxygen atoms in total. The number of ether oxygens (including phenoxy) is 2. The minimum absolute atomic E-state index is 0.422. The van der Waals surface area contributed by atoms with Gasteiger partial charge in [-0.2, -0.15) is 14.9 Å². The molecule has 2 aromatic carbocycles. The smallest absolute Gasteiger partial charge is 0.216 e. The third kappa shape index (κ3) is 3.21. The van der Waals surface area contributed by atoms with Gasteiger partial charge in [-0.15, -0.1) is 0 Å². The molecule has 0 aliphatic heterocycles. The normalized spacial score (nSPS) is 10.9. The van der Waals surface area contributed by atoms with Crippen LogP contribution in [0.1, 0.15) is 5.56 Å². The molecule has 0 spiro atoms. The van der Waals surface area contributed by atoms with Crippen LogP contribution in [0.15, 0.2) is 53.6 Å². The molecule has 0 fully saturated rings. The van der Waals surface area contributed by atoms with Gasteiger partial charge in [-0.05, 0) is 36.0 Å². The number of aromatic nitrogens is 3. The summed E-state index contributed by atoms with van der Waals surface area (Å²) in [6.07, 6.45) is 1.69. The highest BCUT2D eigenvalue weighted by atomic mass is 32.1. The van der Waals surface area contributed by atoms with Crippen LogP contribution in [-0.2, 0) is 0 Å². The van der Waals surface area contributed by atoms with E-state index in [1.807, 2.05) is 48.5 Å². The van der Waals surface area contributed by atoms with Crippen molar-refractivity contribution in [2.24, 2.45) is 5.10 Å². The Balaban J connectivity index is 1.96. The molecule has 122 valence electrons. The van der Waals surface area contributed by atoms with Crippen LogP contribution in [-0.4, -0.2) is 35.3 Å². The van der Waals surface area contributed by atoms with Crippen LogP contribution in [0.25, 0.3) is 11.4 Å². The number of nitrogens with zero attached hydrogens (tertiary/aromatic N) is 3. The zero-order chi connectivity index (χ0) is 16.9. The topological polar surface area (TPSA) is 64.4 Å². The maximum absolute atomic E-state index is 5.30. The lowest BCUT2D eigenvalue weighted by Gasteiger charge is -2.07. The van der Waals surface area contributed by atoms with E-state index < -0.39 is 0 Å². The second-order valence-electron chi connectivity index (χ2n) is 4.89. The summed E-state index contributed by atoms with van der Waals surface area (Å²) in [5.74, 6) is 1.96. The number of hydrogen-bond acceptors (Lipinski definition) is 5. The van der Waals surface area contributed by atoms with Gasteiger partial charge in [0.2, 0.25) is 4.77 Å². The van der Waals surface area contributed by atoms with Crippen molar-refractivity contribution < 1.29 is 9.47 Å². The van der Waals surface area contributed by atoms with E-state index in [4.69, 9.17) is 21.7 Å². The Morgan fingerprint density at radius 3 is 2.54 bits per heavy atom. The molecule has 0 atom stereocenters. The molecule has 3 rings (SSSR count). The molecule has 1 heterocycles. The van der Waals surface area contributed by atoms with Gasteiger partial charge in [0.1, 0.15) is 0 Å². The molecule has 0 aliphatic rings. The van der Waals surface area contributed by atoms with E-state index in [9.17, 15) is 0 Å². The highest BCUT2D eigenvalue weighted by Crippen LogP contribution is 2.27. The first-order chi connectivity index (χ1) is 11.7. The van der Waals surface area contributed by atoms with E-state index in [1.165, 1.54) is 0 Å². The molecule has 3 aromatic rings. The van der Waals surface area contributed by atoms with E-state index in [0.717, 1.165) is 11.1 Å². The van der Waals surface area contributed by atoms with Crippen LogP contribution in [0.4, 0.5) is 0 Å². The first kappa shape index (κ1) is 15.9. The van der Waals surface area contributed by atoms with Crippen LogP contribution in [0.3, 0.4) is 0 Å². The molecular formula is C17H16N4O2S. The van der Waals surface area contributed by atoms with Gasteiger partial charge >= 0.3 is 0 Å². The first-order valence-corrected chi connectivity index (χ1v) is 7.63. The van der Waals surface area contributed by atoms with E-state index in [0.29, 0.717) is 22.1 Å². The fourth-order valence-electron chi connectivity index (χ4n) is 2.23. The first-order valence-electron chi connectivity index (χ1n) is 7.22. The SMILES string of the molecule is COc1ccc(C=Nn2c(-c3ccccc3)n[nH]c2=S)cc1OC. The fraction of sp³-hybridized carbons (Fsp3) is 0.118. The van der Waals surface area contributed by atoms with Gasteiger partial charge in [0.15, 0.2) is 17.3 Å². The lowest BCUT2D eigenvalue weighted by Crippen LogP contribution is -1.96. The van der Waals surface area contributed by atoms with Crippen molar-refractivity contribution >= 4 is 18.4 Å². The monoisotopic (exact) mass is 340 g/mol. The number of H-pyrrole nitrogens is 1. The maximum Gasteiger partial charge on any atom is 0.216 e. The van der Waals surface area contributed by atoms with Gasteiger partial charge in [0.25, 0.3) is 0 Å². The Kier molecular flexibility index (Phi) is 4.72. The highest BCUT2D eigenvalue weighted by Gasteiger charge is 2.07. The van der Waals surface area contributed by atoms with Crippen LogP contribution in [0.5, 0.6) is 11.5 Å². The molecule has 0 aliphatic carbocycles. The summed E-state index contributed by atoms with van der Waals surface area (Å²) in [5, 5.41) is 11.5. The summed E-state index contributed by atoms with van der Waals surface area (Å²) in [6, 6.07) is 15.3. The van der Waals surface area contributed by atoms with Gasteiger partial charge in [-0.25, -0.2) is 5.10 Å². The van der Waals surface area contributed by atoms with Crippen molar-refractivity contribution in [1.82, 2.24) is 14.9 Å². The van der Waals surface area contributed by atoms with Crippen molar-refractivity contribution in [3.05, 3.63) is 58.9 Å². The summed E-state index contributed by atoms with van der Waals surface area (Å²) in [7, 11) is 3.20. The van der Waals surface area contributed by atoms with Crippen molar-refractivity contribution in [2.75, 3.05) is 14.2 Å². The Hall–Kier alpha value is -2.93. The van der Waals surface area contributed by atoms with E-state index in [-0.39, 0.29) is 0 Å². The summed E-state index contributed by atoms with van der Waals surface area (Å²) < 4.78 is 12.5. The summed E-state index contributed by atoms with van der Waals surface area (Å²) >= 11 is 5.26. The average molecular weight is 340 g/mol. The summed E-state index contributed by atoms with van der Waals surface area (Å²) in [5.41, 5.74) is 1.78. The molecule has 0 amide bonds. The predicted octanol–water partition coefficient (Wildman–Crippen LogP) is 3.51. The van der Waals surface area contributed by atoms with Crippen molar-refractivity contribution in [2.45, 2.75) is 0 Å². The van der Waals surface area contributed by atoms with Gasteiger partial charge in [-0.3, -0.25) is 0 Å². The Morgan fingerprint density at radius 1 is 1.08 bits per heavy atom. The largest absolute Gasteiger partial charge is 0.493 e. The second-order valence-corrected chi connectivity index (χ2v) is 5.28. The molecule has 0 saturated carbocycles. The molecule has 1 N–H and O–H groups in total. The standard InChI is InChI=1S/C17H16N4O2S/c1-22-14-9-8-12(10-15(14)23-2)11-18-21-16(19-20-17(21)24)13-6-4-3-5-7-13/h3-11H,1-2H3,(H,20,24). The third-order valence-corrected chi connectivity index (χ3v) is 3.68. The van der Waals surface area contributed by atoms with Crippen LogP contribution < -0.4 is 9.47 Å². The molecular weight excluding hydrogens is 324 g/mol. The molecule has 1 aromatic heterocycles. The minimum Gasteiger partial charge on any atom is -0.493 e. The Morgan fingerprint density at radius 2 is 1.83 bits per heavy atom. The van der Waals surface area contributed by atoms with Gasteiger partial charge < -0.3 is 9.47 Å². The molecule has 24 heavy (non-hydrogen) atoms. The van der Waals surface area contributed by atoms with Crippen LogP contribution >= 0.6 is 12.2 Å². The minimum atomic E-state index is 0.422. The van der Waals surface area contributed by atoms with E-state index in [2.05, 4.69) is 15.3 Å². The van der Waals surface area contributed by atoms with E-state index >= 15 is 0 Å². The third-order valence-electron chi connectivity index (χ3n) is 3.41. The van der Waals surface area contributed by atoms with Crippen molar-refractivity contribution in [3.8, 4) is 22.9 Å². The zero-order valence-corrected chi connectivity index (χ0v) is 14.1. The number of hydrogen-bond donors (Lipinski definition) is 1. The van der Waals surface area contributed by atoms with Gasteiger partial charge in [0, 0.05) is 5.56 Å². The predicted molar refractivity (Wildman–Crippen MR) is 95.4 cm³/mol. The average Bonchev–Trinajstić information content (AvgIpc) is 3.01. The molecule has 0 saturated heterocycles. The fourth-order valence-corrected chi connectivity index (χ4v) is 2.41. The number of methoxy groups -OCH3 is 2. The summed E-state index contributed by atoms with van der Waals surface area (Å²) in [4.78, 5) is 0. The maximum atomic E-state index is 5.30. The van der Waals surface area contributed by atoms with E-state index in [1.54, 1.807) is 25.1 Å². The Labute approximate surface area is 144 Å². The number of aromatic amines is 1.